The molecule has 0 N–H and O–H groups in total. The molecule has 0 spiro atoms. The number of esters is 1. The smallest absolute Gasteiger partial charge is 0.339 e. The second-order valence-corrected chi connectivity index (χ2v) is 5.44. The highest BCUT2D eigenvalue weighted by Crippen LogP contribution is 2.17. The zero-order valence-electron chi connectivity index (χ0n) is 11.3. The number of hydrogen-bond donors (Lipinski definition) is 0. The van der Waals surface area contributed by atoms with Crippen LogP contribution in [-0.4, -0.2) is 22.6 Å². The molecule has 0 amide bonds. The molecule has 5 nitrogen and oxygen atoms in total. The van der Waals surface area contributed by atoms with Gasteiger partial charge in [0.25, 0.3) is 0 Å². The van der Waals surface area contributed by atoms with Gasteiger partial charge < -0.3 is 4.74 Å². The Bertz CT molecular complexity index is 849. The molecule has 6 heteroatoms. The van der Waals surface area contributed by atoms with Crippen molar-refractivity contribution < 1.29 is 9.53 Å². The molecule has 21 heavy (non-hydrogen) atoms. The molecule has 0 aliphatic rings. The van der Waals surface area contributed by atoms with E-state index >= 15 is 0 Å². The van der Waals surface area contributed by atoms with Crippen LogP contribution in [0, 0.1) is 0 Å². The van der Waals surface area contributed by atoms with E-state index in [1.54, 1.807) is 16.7 Å². The van der Waals surface area contributed by atoms with Gasteiger partial charge in [0, 0.05) is 6.20 Å². The van der Waals surface area contributed by atoms with Crippen LogP contribution in [0.3, 0.4) is 0 Å². The Labute approximate surface area is 124 Å². The van der Waals surface area contributed by atoms with E-state index in [4.69, 9.17) is 0 Å². The molecule has 0 saturated carbocycles. The number of fused-ring (bicyclic) bond motifs is 1. The number of hydrogen-bond acceptors (Lipinski definition) is 5. The fraction of sp³-hybridized carbons (Fsp3) is 0.133. The molecule has 0 saturated heterocycles. The zero-order chi connectivity index (χ0) is 14.8. The van der Waals surface area contributed by atoms with Crippen molar-refractivity contribution >= 4 is 27.5 Å². The Morgan fingerprint density at radius 2 is 2.10 bits per heavy atom. The molecule has 3 aromatic rings. The average molecular weight is 300 g/mol. The van der Waals surface area contributed by atoms with E-state index in [0.717, 1.165) is 10.2 Å². The summed E-state index contributed by atoms with van der Waals surface area (Å²) in [5.41, 5.74) is 2.00. The second-order valence-electron chi connectivity index (χ2n) is 4.45. The Morgan fingerprint density at radius 3 is 2.81 bits per heavy atom. The molecular formula is C15H12N2O3S. The highest BCUT2D eigenvalue weighted by atomic mass is 32.1. The molecule has 2 heterocycles. The number of benzene rings is 1. The van der Waals surface area contributed by atoms with Crippen molar-refractivity contribution in [1.82, 2.24) is 9.55 Å². The predicted octanol–water partition coefficient (Wildman–Crippen LogP) is 2.29. The normalized spacial score (nSPS) is 10.7. The molecule has 1 aromatic carbocycles. The van der Waals surface area contributed by atoms with Gasteiger partial charge in [-0.05, 0) is 24.3 Å². The zero-order valence-corrected chi connectivity index (χ0v) is 12.1. The summed E-state index contributed by atoms with van der Waals surface area (Å²) in [5, 5.41) is 0. The van der Waals surface area contributed by atoms with Crippen LogP contribution in [0.1, 0.15) is 16.1 Å². The third kappa shape index (κ3) is 2.57. The van der Waals surface area contributed by atoms with Gasteiger partial charge in [-0.2, -0.15) is 0 Å². The lowest BCUT2D eigenvalue weighted by atomic mass is 10.2. The molecule has 0 bridgehead atoms. The van der Waals surface area contributed by atoms with Crippen LogP contribution in [0.5, 0.6) is 0 Å². The first-order chi connectivity index (χ1) is 10.2. The fourth-order valence-electron chi connectivity index (χ4n) is 2.08. The van der Waals surface area contributed by atoms with Crippen LogP contribution in [0.4, 0.5) is 0 Å². The number of nitrogens with zero attached hydrogens (tertiary/aromatic N) is 2. The van der Waals surface area contributed by atoms with Gasteiger partial charge in [0.15, 0.2) is 0 Å². The molecule has 0 aliphatic carbocycles. The van der Waals surface area contributed by atoms with E-state index in [1.807, 2.05) is 24.3 Å². The van der Waals surface area contributed by atoms with Crippen molar-refractivity contribution in [1.29, 1.82) is 0 Å². The molecule has 3 rings (SSSR count). The van der Waals surface area contributed by atoms with Crippen molar-refractivity contribution in [3.63, 3.8) is 0 Å². The summed E-state index contributed by atoms with van der Waals surface area (Å²) in [7, 11) is 1.33. The van der Waals surface area contributed by atoms with E-state index in [2.05, 4.69) is 9.72 Å². The number of carbonyl (C=O) groups excluding carboxylic acids is 1. The Kier molecular flexibility index (Phi) is 3.53. The minimum absolute atomic E-state index is 0.0185. The van der Waals surface area contributed by atoms with Crippen molar-refractivity contribution in [3.8, 4) is 0 Å². The minimum atomic E-state index is -0.424. The third-order valence-corrected chi connectivity index (χ3v) is 4.10. The number of pyridine rings is 1. The van der Waals surface area contributed by atoms with Gasteiger partial charge in [0.05, 0.1) is 35.1 Å². The summed E-state index contributed by atoms with van der Waals surface area (Å²) >= 11 is 1.22. The summed E-state index contributed by atoms with van der Waals surface area (Å²) in [4.78, 5) is 27.6. The number of rotatable bonds is 3. The highest BCUT2D eigenvalue weighted by Gasteiger charge is 2.09. The van der Waals surface area contributed by atoms with Crippen molar-refractivity contribution in [2.24, 2.45) is 0 Å². The lowest BCUT2D eigenvalue weighted by Gasteiger charge is -2.04. The summed E-state index contributed by atoms with van der Waals surface area (Å²) in [5.74, 6) is -0.424. The summed E-state index contributed by atoms with van der Waals surface area (Å²) in [6.45, 7) is 0.379. The second kappa shape index (κ2) is 5.49. The predicted molar refractivity (Wildman–Crippen MR) is 80.8 cm³/mol. The van der Waals surface area contributed by atoms with Crippen LogP contribution >= 0.6 is 11.3 Å². The van der Waals surface area contributed by atoms with Crippen molar-refractivity contribution in [2.45, 2.75) is 6.54 Å². The maximum absolute atomic E-state index is 12.0. The van der Waals surface area contributed by atoms with Gasteiger partial charge >= 0.3 is 10.8 Å². The maximum Gasteiger partial charge on any atom is 0.339 e. The first-order valence-electron chi connectivity index (χ1n) is 6.30. The monoisotopic (exact) mass is 300 g/mol. The van der Waals surface area contributed by atoms with Crippen molar-refractivity contribution in [3.05, 3.63) is 63.5 Å². The topological polar surface area (TPSA) is 61.2 Å². The standard InChI is InChI=1S/C15H12N2O3S/c1-20-14(18)10-6-7-11(16-8-10)9-17-12-4-2-3-5-13(12)21-15(17)19/h2-8H,9H2,1H3. The van der Waals surface area contributed by atoms with Crippen LogP contribution in [0.25, 0.3) is 10.2 Å². The number of para-hydroxylation sites is 1. The largest absolute Gasteiger partial charge is 0.465 e. The number of ether oxygens (including phenoxy) is 1. The maximum atomic E-state index is 12.0. The van der Waals surface area contributed by atoms with Gasteiger partial charge in [0.2, 0.25) is 0 Å². The molecule has 0 fully saturated rings. The van der Waals surface area contributed by atoms with Gasteiger partial charge in [-0.3, -0.25) is 14.3 Å². The van der Waals surface area contributed by atoms with E-state index < -0.39 is 5.97 Å². The van der Waals surface area contributed by atoms with Crippen LogP contribution < -0.4 is 4.87 Å². The average Bonchev–Trinajstić information content (AvgIpc) is 2.83. The first-order valence-corrected chi connectivity index (χ1v) is 7.12. The molecule has 0 radical (unpaired) electrons. The van der Waals surface area contributed by atoms with E-state index in [1.165, 1.54) is 24.6 Å². The number of aromatic nitrogens is 2. The molecular weight excluding hydrogens is 288 g/mol. The van der Waals surface area contributed by atoms with Crippen LogP contribution in [-0.2, 0) is 11.3 Å². The third-order valence-electron chi connectivity index (χ3n) is 3.14. The van der Waals surface area contributed by atoms with Gasteiger partial charge in [-0.25, -0.2) is 4.79 Å². The van der Waals surface area contributed by atoms with Gasteiger partial charge in [-0.1, -0.05) is 23.5 Å². The first kappa shape index (κ1) is 13.5. The van der Waals surface area contributed by atoms with Gasteiger partial charge in [-0.15, -0.1) is 0 Å². The highest BCUT2D eigenvalue weighted by molar-refractivity contribution is 7.16. The lowest BCUT2D eigenvalue weighted by Crippen LogP contribution is -2.14. The minimum Gasteiger partial charge on any atom is -0.465 e. The number of thiazole rings is 1. The van der Waals surface area contributed by atoms with Crippen molar-refractivity contribution in [2.75, 3.05) is 7.11 Å². The van der Waals surface area contributed by atoms with E-state index in [0.29, 0.717) is 17.8 Å². The van der Waals surface area contributed by atoms with Gasteiger partial charge in [0.1, 0.15) is 0 Å². The quantitative estimate of drug-likeness (QED) is 0.696. The van der Waals surface area contributed by atoms with E-state index in [9.17, 15) is 9.59 Å². The Morgan fingerprint density at radius 1 is 1.29 bits per heavy atom. The van der Waals surface area contributed by atoms with Crippen LogP contribution in [0.2, 0.25) is 0 Å². The molecule has 2 aromatic heterocycles. The Balaban J connectivity index is 1.94. The molecule has 106 valence electrons. The molecule has 0 unspecified atom stereocenters. The van der Waals surface area contributed by atoms with Crippen LogP contribution in [0.15, 0.2) is 47.4 Å². The van der Waals surface area contributed by atoms with E-state index in [-0.39, 0.29) is 4.87 Å². The lowest BCUT2D eigenvalue weighted by molar-refractivity contribution is 0.0600. The SMILES string of the molecule is COC(=O)c1ccc(Cn2c(=O)sc3ccccc32)nc1. The molecule has 0 aliphatic heterocycles. The summed E-state index contributed by atoms with van der Waals surface area (Å²) in [6.07, 6.45) is 1.46. The number of methoxy groups -OCH3 is 1. The fourth-order valence-corrected chi connectivity index (χ4v) is 2.97. The summed E-state index contributed by atoms with van der Waals surface area (Å²) < 4.78 is 7.26. The Hall–Kier alpha value is -2.47. The summed E-state index contributed by atoms with van der Waals surface area (Å²) in [6, 6.07) is 11.0. The number of carbonyl (C=O) groups is 1. The molecule has 0 atom stereocenters.